The molecule has 1 fully saturated rings. The third-order valence-electron chi connectivity index (χ3n) is 4.55. The Kier molecular flexibility index (Phi) is 4.16. The van der Waals surface area contributed by atoms with Crippen LogP contribution in [0.2, 0.25) is 10.0 Å². The molecule has 1 aromatic carbocycles. The normalized spacial score (nSPS) is 20.5. The van der Waals surface area contributed by atoms with Gasteiger partial charge in [0.15, 0.2) is 0 Å². The van der Waals surface area contributed by atoms with Gasteiger partial charge >= 0.3 is 0 Å². The topological polar surface area (TPSA) is 50.5 Å². The molecule has 4 rings (SSSR count). The largest absolute Gasteiger partial charge is 0.508 e. The SMILES string of the molecule is Oc1ccc(Cl)c(Cl)c1C1CC(=S)N(c2cnn3c2COCC3)C1. The third-order valence-corrected chi connectivity index (χ3v) is 5.75. The molecule has 8 heteroatoms. The number of phenols is 1. The first kappa shape index (κ1) is 16.1. The molecule has 5 nitrogen and oxygen atoms in total. The van der Waals surface area contributed by atoms with Crippen molar-refractivity contribution >= 4 is 46.1 Å². The average Bonchev–Trinajstić information content (AvgIpc) is 3.15. The number of nitrogens with zero attached hydrogens (tertiary/aromatic N) is 3. The first-order chi connectivity index (χ1) is 11.6. The number of rotatable bonds is 2. The van der Waals surface area contributed by atoms with E-state index in [1.807, 2.05) is 10.9 Å². The van der Waals surface area contributed by atoms with Crippen molar-refractivity contribution in [2.75, 3.05) is 18.1 Å². The highest BCUT2D eigenvalue weighted by atomic mass is 35.5. The zero-order chi connectivity index (χ0) is 16.8. The van der Waals surface area contributed by atoms with E-state index in [9.17, 15) is 5.11 Å². The molecule has 2 aromatic rings. The number of hydrogen-bond donors (Lipinski definition) is 1. The van der Waals surface area contributed by atoms with Crippen LogP contribution < -0.4 is 4.90 Å². The number of phenolic OH excluding ortho intramolecular Hbond substituents is 1. The van der Waals surface area contributed by atoms with Crippen LogP contribution in [0.4, 0.5) is 5.69 Å². The zero-order valence-electron chi connectivity index (χ0n) is 12.7. The minimum Gasteiger partial charge on any atom is -0.508 e. The Morgan fingerprint density at radius 1 is 1.33 bits per heavy atom. The Morgan fingerprint density at radius 3 is 3.00 bits per heavy atom. The van der Waals surface area contributed by atoms with Crippen LogP contribution in [0.3, 0.4) is 0 Å². The van der Waals surface area contributed by atoms with Crippen molar-refractivity contribution in [3.05, 3.63) is 39.6 Å². The smallest absolute Gasteiger partial charge is 0.120 e. The van der Waals surface area contributed by atoms with E-state index in [0.29, 0.717) is 41.8 Å². The van der Waals surface area contributed by atoms with E-state index in [2.05, 4.69) is 10.00 Å². The minimum atomic E-state index is -0.0104. The van der Waals surface area contributed by atoms with Crippen LogP contribution in [-0.4, -0.2) is 33.0 Å². The van der Waals surface area contributed by atoms with E-state index in [0.717, 1.165) is 22.9 Å². The molecule has 1 N–H and O–H groups in total. The Labute approximate surface area is 154 Å². The third kappa shape index (κ3) is 2.58. The summed E-state index contributed by atoms with van der Waals surface area (Å²) in [4.78, 5) is 2.86. The fourth-order valence-electron chi connectivity index (χ4n) is 3.37. The van der Waals surface area contributed by atoms with Crippen molar-refractivity contribution < 1.29 is 9.84 Å². The number of aromatic hydroxyl groups is 1. The van der Waals surface area contributed by atoms with Crippen LogP contribution in [0, 0.1) is 0 Å². The Morgan fingerprint density at radius 2 is 2.17 bits per heavy atom. The summed E-state index contributed by atoms with van der Waals surface area (Å²) in [6, 6.07) is 3.17. The Hall–Kier alpha value is -1.34. The molecule has 1 atom stereocenters. The van der Waals surface area contributed by atoms with Gasteiger partial charge in [0.1, 0.15) is 5.75 Å². The molecule has 0 aliphatic carbocycles. The molecule has 3 heterocycles. The fourth-order valence-corrected chi connectivity index (χ4v) is 4.22. The first-order valence-corrected chi connectivity index (χ1v) is 8.82. The van der Waals surface area contributed by atoms with E-state index in [1.165, 1.54) is 0 Å². The molecule has 0 saturated carbocycles. The minimum absolute atomic E-state index is 0.0104. The predicted molar refractivity (Wildman–Crippen MR) is 97.3 cm³/mol. The van der Waals surface area contributed by atoms with Crippen LogP contribution in [0.5, 0.6) is 5.75 Å². The molecule has 2 aliphatic rings. The number of halogens is 2. The van der Waals surface area contributed by atoms with Crippen LogP contribution in [0.25, 0.3) is 0 Å². The van der Waals surface area contributed by atoms with Gasteiger partial charge in [0.25, 0.3) is 0 Å². The molecule has 1 unspecified atom stereocenters. The average molecular weight is 384 g/mol. The number of benzene rings is 1. The summed E-state index contributed by atoms with van der Waals surface area (Å²) >= 11 is 18.0. The number of fused-ring (bicyclic) bond motifs is 1. The number of aromatic nitrogens is 2. The summed E-state index contributed by atoms with van der Waals surface area (Å²) in [6.07, 6.45) is 2.46. The van der Waals surface area contributed by atoms with Gasteiger partial charge in [0, 0.05) is 24.4 Å². The maximum Gasteiger partial charge on any atom is 0.120 e. The quantitative estimate of drug-likeness (QED) is 0.800. The predicted octanol–water partition coefficient (Wildman–Crippen LogP) is 3.75. The lowest BCUT2D eigenvalue weighted by molar-refractivity contribution is 0.0804. The highest BCUT2D eigenvalue weighted by Crippen LogP contribution is 2.43. The van der Waals surface area contributed by atoms with E-state index in [4.69, 9.17) is 40.2 Å². The van der Waals surface area contributed by atoms with E-state index in [-0.39, 0.29) is 11.7 Å². The highest BCUT2D eigenvalue weighted by Gasteiger charge is 2.34. The van der Waals surface area contributed by atoms with Crippen molar-refractivity contribution in [1.82, 2.24) is 9.78 Å². The molecule has 1 saturated heterocycles. The van der Waals surface area contributed by atoms with Gasteiger partial charge in [-0.25, -0.2) is 0 Å². The summed E-state index contributed by atoms with van der Waals surface area (Å²) in [5, 5.41) is 15.5. The molecule has 0 amide bonds. The number of hydrogen-bond acceptors (Lipinski definition) is 4. The van der Waals surface area contributed by atoms with Gasteiger partial charge in [-0.05, 0) is 12.1 Å². The lowest BCUT2D eigenvalue weighted by atomic mass is 9.97. The molecular formula is C16H15Cl2N3O2S. The van der Waals surface area contributed by atoms with Crippen LogP contribution in [0.1, 0.15) is 23.6 Å². The lowest BCUT2D eigenvalue weighted by Gasteiger charge is -2.22. The summed E-state index contributed by atoms with van der Waals surface area (Å²) < 4.78 is 7.50. The van der Waals surface area contributed by atoms with E-state index >= 15 is 0 Å². The molecule has 24 heavy (non-hydrogen) atoms. The van der Waals surface area contributed by atoms with Crippen LogP contribution in [0.15, 0.2) is 18.3 Å². The van der Waals surface area contributed by atoms with Gasteiger partial charge in [-0.2, -0.15) is 5.10 Å². The molecule has 0 spiro atoms. The summed E-state index contributed by atoms with van der Waals surface area (Å²) in [7, 11) is 0. The van der Waals surface area contributed by atoms with Crippen molar-refractivity contribution in [2.45, 2.75) is 25.5 Å². The Balaban J connectivity index is 1.67. The monoisotopic (exact) mass is 383 g/mol. The number of thiocarbonyl (C=S) groups is 1. The van der Waals surface area contributed by atoms with Gasteiger partial charge < -0.3 is 14.7 Å². The molecule has 0 bridgehead atoms. The Bertz CT molecular complexity index is 824. The van der Waals surface area contributed by atoms with Crippen molar-refractivity contribution in [2.24, 2.45) is 0 Å². The van der Waals surface area contributed by atoms with Gasteiger partial charge in [0.05, 0.1) is 52.4 Å². The van der Waals surface area contributed by atoms with E-state index in [1.54, 1.807) is 12.1 Å². The second-order valence-electron chi connectivity index (χ2n) is 5.95. The maximum atomic E-state index is 10.2. The molecular weight excluding hydrogens is 369 g/mol. The fraction of sp³-hybridized carbons (Fsp3) is 0.375. The summed E-state index contributed by atoms with van der Waals surface area (Å²) in [5.41, 5.74) is 2.66. The molecule has 0 radical (unpaired) electrons. The second kappa shape index (κ2) is 6.19. The second-order valence-corrected chi connectivity index (χ2v) is 7.21. The molecule has 2 aliphatic heterocycles. The highest BCUT2D eigenvalue weighted by molar-refractivity contribution is 7.80. The van der Waals surface area contributed by atoms with Crippen LogP contribution in [-0.2, 0) is 17.9 Å². The summed E-state index contributed by atoms with van der Waals surface area (Å²) in [5.74, 6) is 0.142. The van der Waals surface area contributed by atoms with Crippen LogP contribution >= 0.6 is 35.4 Å². The van der Waals surface area contributed by atoms with E-state index < -0.39 is 0 Å². The van der Waals surface area contributed by atoms with Gasteiger partial charge in [-0.1, -0.05) is 35.4 Å². The van der Waals surface area contributed by atoms with Crippen molar-refractivity contribution in [3.63, 3.8) is 0 Å². The van der Waals surface area contributed by atoms with Gasteiger partial charge in [-0.3, -0.25) is 4.68 Å². The van der Waals surface area contributed by atoms with Gasteiger partial charge in [0.2, 0.25) is 0 Å². The molecule has 1 aromatic heterocycles. The first-order valence-electron chi connectivity index (χ1n) is 7.66. The standard InChI is InChI=1S/C16H15Cl2N3O2S/c17-10-1-2-13(22)15(16(10)18)9-5-14(24)20(7-9)11-6-19-21-3-4-23-8-12(11)21/h1-2,6,9,22H,3-5,7-8H2. The lowest BCUT2D eigenvalue weighted by Crippen LogP contribution is -2.26. The van der Waals surface area contributed by atoms with Crippen molar-refractivity contribution in [3.8, 4) is 5.75 Å². The summed E-state index contributed by atoms with van der Waals surface area (Å²) in [6.45, 7) is 2.58. The maximum absolute atomic E-state index is 10.2. The van der Waals surface area contributed by atoms with Crippen molar-refractivity contribution in [1.29, 1.82) is 0 Å². The van der Waals surface area contributed by atoms with Gasteiger partial charge in [-0.15, -0.1) is 0 Å². The molecule has 126 valence electrons. The zero-order valence-corrected chi connectivity index (χ0v) is 15.0. The number of ether oxygens (including phenoxy) is 1. The number of anilines is 1.